The Morgan fingerprint density at radius 1 is 1.12 bits per heavy atom. The zero-order valence-electron chi connectivity index (χ0n) is 17.6. The van der Waals surface area contributed by atoms with Gasteiger partial charge in [-0.05, 0) is 31.2 Å². The highest BCUT2D eigenvalue weighted by molar-refractivity contribution is 5.98. The zero-order valence-corrected chi connectivity index (χ0v) is 17.6. The van der Waals surface area contributed by atoms with Crippen molar-refractivity contribution in [3.63, 3.8) is 0 Å². The van der Waals surface area contributed by atoms with Crippen LogP contribution in [-0.4, -0.2) is 42.9 Å². The molecule has 4 aromatic rings. The summed E-state index contributed by atoms with van der Waals surface area (Å²) in [5.41, 5.74) is 1.79. The number of rotatable bonds is 5. The maximum absolute atomic E-state index is 13.2. The first-order chi connectivity index (χ1) is 16.0. The minimum Gasteiger partial charge on any atom is -0.481 e. The van der Waals surface area contributed by atoms with E-state index in [1.165, 1.54) is 19.2 Å². The summed E-state index contributed by atoms with van der Waals surface area (Å²) in [6, 6.07) is 9.87. The molecule has 1 aliphatic heterocycles. The number of nitrogens with one attached hydrogen (secondary N) is 3. The molecule has 1 aliphatic rings. The number of aromatic nitrogens is 6. The van der Waals surface area contributed by atoms with Gasteiger partial charge in [0.2, 0.25) is 0 Å². The predicted molar refractivity (Wildman–Crippen MR) is 117 cm³/mol. The number of amides is 1. The van der Waals surface area contributed by atoms with Crippen LogP contribution in [0, 0.1) is 12.7 Å². The van der Waals surface area contributed by atoms with E-state index in [4.69, 9.17) is 4.74 Å². The average molecular weight is 447 g/mol. The maximum atomic E-state index is 13.2. The van der Waals surface area contributed by atoms with Crippen molar-refractivity contribution < 1.29 is 13.9 Å². The summed E-state index contributed by atoms with van der Waals surface area (Å²) in [4.78, 5) is 20.7. The Kier molecular flexibility index (Phi) is 5.01. The zero-order chi connectivity index (χ0) is 22.9. The van der Waals surface area contributed by atoms with Crippen LogP contribution >= 0.6 is 0 Å². The topological polar surface area (TPSA) is 132 Å². The van der Waals surface area contributed by atoms with Crippen LogP contribution in [0.1, 0.15) is 22.1 Å². The Labute approximate surface area is 187 Å². The number of pyridine rings is 1. The van der Waals surface area contributed by atoms with Crippen LogP contribution in [0.25, 0.3) is 5.69 Å². The highest BCUT2D eigenvalue weighted by Crippen LogP contribution is 2.38. The second-order valence-corrected chi connectivity index (χ2v) is 7.11. The number of aryl methyl sites for hydroxylation is 1. The fourth-order valence-electron chi connectivity index (χ4n) is 3.38. The highest BCUT2D eigenvalue weighted by atomic mass is 19.1. The average Bonchev–Trinajstić information content (AvgIpc) is 3.21. The van der Waals surface area contributed by atoms with E-state index in [1.54, 1.807) is 10.7 Å². The summed E-state index contributed by atoms with van der Waals surface area (Å²) in [6.45, 7) is 2.07. The van der Waals surface area contributed by atoms with Crippen LogP contribution < -0.4 is 20.7 Å². The summed E-state index contributed by atoms with van der Waals surface area (Å²) in [7, 11) is 1.50. The lowest BCUT2D eigenvalue weighted by atomic mass is 10.2. The highest BCUT2D eigenvalue weighted by Gasteiger charge is 2.24. The molecule has 5 rings (SSSR count). The molecule has 12 heteroatoms. The van der Waals surface area contributed by atoms with Crippen LogP contribution in [0.2, 0.25) is 0 Å². The van der Waals surface area contributed by atoms with Gasteiger partial charge >= 0.3 is 0 Å². The van der Waals surface area contributed by atoms with Gasteiger partial charge in [-0.1, -0.05) is 6.07 Å². The lowest BCUT2D eigenvalue weighted by molar-refractivity contribution is 0.0958. The fourth-order valence-corrected chi connectivity index (χ4v) is 3.38. The smallest absolute Gasteiger partial charge is 0.273 e. The minimum atomic E-state index is -0.455. The lowest BCUT2D eigenvalue weighted by Crippen LogP contribution is -2.22. The number of fused-ring (bicyclic) bond motifs is 3. The Hall–Kier alpha value is -4.61. The summed E-state index contributed by atoms with van der Waals surface area (Å²) in [6.07, 6.45) is 1.08. The first-order valence-corrected chi connectivity index (χ1v) is 9.96. The van der Waals surface area contributed by atoms with Gasteiger partial charge in [0.25, 0.3) is 5.91 Å². The summed E-state index contributed by atoms with van der Waals surface area (Å²) >= 11 is 0. The lowest BCUT2D eigenvalue weighted by Gasteiger charge is -2.21. The van der Waals surface area contributed by atoms with E-state index in [1.807, 2.05) is 25.1 Å². The number of nitrogens with zero attached hydrogens (tertiary/aromatic N) is 6. The molecule has 0 aliphatic carbocycles. The van der Waals surface area contributed by atoms with Crippen LogP contribution in [0.5, 0.6) is 5.75 Å². The molecule has 0 saturated heterocycles. The van der Waals surface area contributed by atoms with Crippen LogP contribution in [0.4, 0.5) is 27.4 Å². The molecular weight excluding hydrogens is 429 g/mol. The molecule has 0 radical (unpaired) electrons. The van der Waals surface area contributed by atoms with E-state index in [2.05, 4.69) is 41.2 Å². The van der Waals surface area contributed by atoms with Crippen molar-refractivity contribution in [1.29, 1.82) is 0 Å². The van der Waals surface area contributed by atoms with Gasteiger partial charge in [0.05, 0.1) is 17.6 Å². The van der Waals surface area contributed by atoms with Gasteiger partial charge in [0.1, 0.15) is 29.8 Å². The number of hydrogen-bond donors (Lipinski definition) is 3. The predicted octanol–water partition coefficient (Wildman–Crippen LogP) is 2.64. The number of anilines is 4. The van der Waals surface area contributed by atoms with Crippen molar-refractivity contribution in [2.24, 2.45) is 0 Å². The molecule has 0 spiro atoms. The third-order valence-electron chi connectivity index (χ3n) is 4.84. The van der Waals surface area contributed by atoms with Crippen LogP contribution in [0.3, 0.4) is 0 Å². The largest absolute Gasteiger partial charge is 0.481 e. The van der Waals surface area contributed by atoms with Crippen molar-refractivity contribution >= 4 is 28.9 Å². The summed E-state index contributed by atoms with van der Waals surface area (Å²) in [5, 5.41) is 21.2. The number of ether oxygens (including phenoxy) is 1. The monoisotopic (exact) mass is 447 g/mol. The van der Waals surface area contributed by atoms with E-state index < -0.39 is 11.7 Å². The first kappa shape index (κ1) is 20.3. The Bertz CT molecular complexity index is 1350. The van der Waals surface area contributed by atoms with Gasteiger partial charge in [-0.2, -0.15) is 5.10 Å². The molecule has 1 amide bonds. The second-order valence-electron chi connectivity index (χ2n) is 7.11. The van der Waals surface area contributed by atoms with E-state index in [9.17, 15) is 9.18 Å². The Morgan fingerprint density at radius 3 is 2.79 bits per heavy atom. The van der Waals surface area contributed by atoms with E-state index in [0.29, 0.717) is 40.4 Å². The number of para-hydroxylation sites is 1. The SMILES string of the molecule is CNC(=O)c1nnc(Nc2ccc(F)cn2)cc1Nc1cccc2c1OCc1nc(C)nn1-2. The van der Waals surface area contributed by atoms with Crippen molar-refractivity contribution in [2.45, 2.75) is 13.5 Å². The minimum absolute atomic E-state index is 0.0841. The summed E-state index contributed by atoms with van der Waals surface area (Å²) in [5.74, 6) is 1.71. The Morgan fingerprint density at radius 2 is 2.00 bits per heavy atom. The van der Waals surface area contributed by atoms with E-state index in [-0.39, 0.29) is 12.3 Å². The van der Waals surface area contributed by atoms with E-state index >= 15 is 0 Å². The molecule has 3 N–H and O–H groups in total. The molecule has 11 nitrogen and oxygen atoms in total. The number of hydrogen-bond acceptors (Lipinski definition) is 9. The van der Waals surface area contributed by atoms with Crippen molar-refractivity contribution in [3.8, 4) is 11.4 Å². The molecule has 0 bridgehead atoms. The number of carbonyl (C=O) groups excluding carboxylic acids is 1. The molecule has 0 fully saturated rings. The van der Waals surface area contributed by atoms with Crippen molar-refractivity contribution in [3.05, 3.63) is 65.8 Å². The Balaban J connectivity index is 1.52. The third kappa shape index (κ3) is 3.89. The molecule has 1 aromatic carbocycles. The molecule has 0 saturated carbocycles. The maximum Gasteiger partial charge on any atom is 0.273 e. The van der Waals surface area contributed by atoms with Gasteiger partial charge in [-0.25, -0.2) is 19.0 Å². The molecular formula is C21H18FN9O2. The molecule has 166 valence electrons. The number of carbonyl (C=O) groups is 1. The molecule has 0 unspecified atom stereocenters. The molecule has 33 heavy (non-hydrogen) atoms. The molecule has 3 aromatic heterocycles. The quantitative estimate of drug-likeness (QED) is 0.422. The third-order valence-corrected chi connectivity index (χ3v) is 4.84. The van der Waals surface area contributed by atoms with Crippen molar-refractivity contribution in [1.82, 2.24) is 35.3 Å². The van der Waals surface area contributed by atoms with E-state index in [0.717, 1.165) is 11.9 Å². The number of halogens is 1. The van der Waals surface area contributed by atoms with Gasteiger partial charge in [-0.3, -0.25) is 4.79 Å². The summed E-state index contributed by atoms with van der Waals surface area (Å²) < 4.78 is 20.8. The van der Waals surface area contributed by atoms with Gasteiger partial charge in [0, 0.05) is 13.1 Å². The van der Waals surface area contributed by atoms with Crippen molar-refractivity contribution in [2.75, 3.05) is 17.7 Å². The molecule has 0 atom stereocenters. The van der Waals surface area contributed by atoms with Gasteiger partial charge in [-0.15, -0.1) is 10.2 Å². The fraction of sp³-hybridized carbons (Fsp3) is 0.143. The number of benzene rings is 1. The second kappa shape index (κ2) is 8.15. The standard InChI is InChI=1S/C21H18FN9O2/c1-11-25-18-10-33-20-13(4-3-5-15(20)31(18)30-11)26-14-8-17(28-29-19(14)21(32)23-2)27-16-7-6-12(22)9-24-16/h3-9H,10H2,1-2H3,(H,23,32)(H2,24,26,27,28). The van der Waals surface area contributed by atoms with Crippen LogP contribution in [-0.2, 0) is 6.61 Å². The first-order valence-electron chi connectivity index (χ1n) is 9.96. The van der Waals surface area contributed by atoms with Gasteiger partial charge in [0.15, 0.2) is 23.1 Å². The van der Waals surface area contributed by atoms with Gasteiger partial charge < -0.3 is 20.7 Å². The normalized spacial score (nSPS) is 11.7. The molecule has 4 heterocycles. The van der Waals surface area contributed by atoms with Crippen LogP contribution in [0.15, 0.2) is 42.6 Å².